The second-order valence-corrected chi connectivity index (χ2v) is 3.72. The van der Waals surface area contributed by atoms with Gasteiger partial charge in [-0.05, 0) is 36.4 Å². The summed E-state index contributed by atoms with van der Waals surface area (Å²) in [5, 5.41) is 13.9. The molecule has 3 heteroatoms. The zero-order valence-electron chi connectivity index (χ0n) is 7.82. The molecular weight excluding hydrogens is 182 g/mol. The Morgan fingerprint density at radius 2 is 2.46 bits per heavy atom. The molecule has 1 N–H and O–H groups in total. The van der Waals surface area contributed by atoms with Gasteiger partial charge in [-0.25, -0.2) is 0 Å². The summed E-state index contributed by atoms with van der Waals surface area (Å²) in [5.41, 5.74) is 1.76. The highest BCUT2D eigenvalue weighted by Gasteiger charge is 1.99. The molecule has 1 aromatic rings. The Hall–Kier alpha value is -1.09. The van der Waals surface area contributed by atoms with Crippen LogP contribution in [0, 0.1) is 0 Å². The van der Waals surface area contributed by atoms with Crippen molar-refractivity contribution in [2.45, 2.75) is 20.3 Å². The maximum Gasteiger partial charge on any atom is 0.0822 e. The van der Waals surface area contributed by atoms with Gasteiger partial charge in [-0.2, -0.15) is 0 Å². The van der Waals surface area contributed by atoms with Crippen LogP contribution in [0.1, 0.15) is 25.1 Å². The van der Waals surface area contributed by atoms with Crippen LogP contribution < -0.4 is 0 Å². The molecule has 0 amide bonds. The van der Waals surface area contributed by atoms with Crippen LogP contribution in [0.2, 0.25) is 0 Å². The van der Waals surface area contributed by atoms with E-state index in [1.54, 1.807) is 11.3 Å². The fourth-order valence-electron chi connectivity index (χ4n) is 1.10. The Morgan fingerprint density at radius 1 is 1.69 bits per heavy atom. The first-order valence-electron chi connectivity index (χ1n) is 4.21. The number of thiophene rings is 1. The second-order valence-electron chi connectivity index (χ2n) is 2.74. The highest BCUT2D eigenvalue weighted by atomic mass is 32.1. The Morgan fingerprint density at radius 3 is 2.92 bits per heavy atom. The third-order valence-corrected chi connectivity index (χ3v) is 2.63. The summed E-state index contributed by atoms with van der Waals surface area (Å²) in [6.07, 6.45) is 2.79. The second kappa shape index (κ2) is 4.82. The van der Waals surface area contributed by atoms with Crippen LogP contribution in [0.25, 0.3) is 6.08 Å². The molecule has 0 aromatic carbocycles. The van der Waals surface area contributed by atoms with Gasteiger partial charge in [0.1, 0.15) is 0 Å². The fourth-order valence-corrected chi connectivity index (χ4v) is 1.81. The average Bonchev–Trinajstić information content (AvgIpc) is 2.59. The van der Waals surface area contributed by atoms with Crippen LogP contribution in [-0.4, -0.2) is 10.9 Å². The number of allylic oxidation sites excluding steroid dienone is 1. The van der Waals surface area contributed by atoms with Gasteiger partial charge in [-0.1, -0.05) is 18.1 Å². The molecule has 2 nitrogen and oxygen atoms in total. The molecule has 0 aliphatic heterocycles. The predicted molar refractivity (Wildman–Crippen MR) is 57.5 cm³/mol. The lowest BCUT2D eigenvalue weighted by molar-refractivity contribution is 0.318. The van der Waals surface area contributed by atoms with Gasteiger partial charge in [0.25, 0.3) is 0 Å². The third-order valence-electron chi connectivity index (χ3n) is 1.81. The van der Waals surface area contributed by atoms with Gasteiger partial charge in [0.15, 0.2) is 0 Å². The van der Waals surface area contributed by atoms with Crippen molar-refractivity contribution in [2.24, 2.45) is 5.16 Å². The summed E-state index contributed by atoms with van der Waals surface area (Å²) in [6.45, 7) is 3.93. The standard InChI is InChI=1S/C10H13NOS/c1-3-10(11-12)8(2)7-9-5-4-6-13-9/h4-7,12H,3H2,1-2H3/b8-7+,11-10+. The van der Waals surface area contributed by atoms with Gasteiger partial charge in [-0.15, -0.1) is 11.3 Å². The van der Waals surface area contributed by atoms with Gasteiger partial charge in [0.2, 0.25) is 0 Å². The minimum Gasteiger partial charge on any atom is -0.411 e. The lowest BCUT2D eigenvalue weighted by atomic mass is 10.1. The molecule has 70 valence electrons. The Bertz CT molecular complexity index is 312. The van der Waals surface area contributed by atoms with E-state index in [4.69, 9.17) is 5.21 Å². The zero-order valence-corrected chi connectivity index (χ0v) is 8.64. The van der Waals surface area contributed by atoms with Crippen LogP contribution in [0.4, 0.5) is 0 Å². The number of hydrogen-bond donors (Lipinski definition) is 1. The molecule has 0 spiro atoms. The first-order chi connectivity index (χ1) is 6.27. The number of nitrogens with zero attached hydrogens (tertiary/aromatic N) is 1. The van der Waals surface area contributed by atoms with Crippen LogP contribution in [0.5, 0.6) is 0 Å². The molecule has 0 aliphatic carbocycles. The molecule has 0 unspecified atom stereocenters. The van der Waals surface area contributed by atoms with E-state index >= 15 is 0 Å². The summed E-state index contributed by atoms with van der Waals surface area (Å²) >= 11 is 1.68. The summed E-state index contributed by atoms with van der Waals surface area (Å²) in [4.78, 5) is 1.19. The molecule has 0 saturated heterocycles. The van der Waals surface area contributed by atoms with Crippen molar-refractivity contribution in [3.05, 3.63) is 28.0 Å². The van der Waals surface area contributed by atoms with Gasteiger partial charge in [-0.3, -0.25) is 0 Å². The predicted octanol–water partition coefficient (Wildman–Crippen LogP) is 3.39. The smallest absolute Gasteiger partial charge is 0.0822 e. The molecule has 0 saturated carbocycles. The minimum absolute atomic E-state index is 0.744. The van der Waals surface area contributed by atoms with Crippen molar-refractivity contribution < 1.29 is 5.21 Å². The summed E-state index contributed by atoms with van der Waals surface area (Å²) < 4.78 is 0. The molecule has 1 heterocycles. The van der Waals surface area contributed by atoms with E-state index in [0.29, 0.717) is 0 Å². The van der Waals surface area contributed by atoms with E-state index in [9.17, 15) is 0 Å². The molecule has 0 atom stereocenters. The van der Waals surface area contributed by atoms with Crippen LogP contribution >= 0.6 is 11.3 Å². The Balaban J connectivity index is 2.83. The van der Waals surface area contributed by atoms with Crippen molar-refractivity contribution in [1.29, 1.82) is 0 Å². The summed E-state index contributed by atoms with van der Waals surface area (Å²) in [6, 6.07) is 4.05. The molecule has 1 aromatic heterocycles. The fraction of sp³-hybridized carbons (Fsp3) is 0.300. The van der Waals surface area contributed by atoms with E-state index in [-0.39, 0.29) is 0 Å². The monoisotopic (exact) mass is 195 g/mol. The Kier molecular flexibility index (Phi) is 3.71. The lowest BCUT2D eigenvalue weighted by Crippen LogP contribution is -1.97. The van der Waals surface area contributed by atoms with Crippen LogP contribution in [-0.2, 0) is 0 Å². The van der Waals surface area contributed by atoms with E-state index in [1.165, 1.54) is 4.88 Å². The van der Waals surface area contributed by atoms with E-state index < -0.39 is 0 Å². The van der Waals surface area contributed by atoms with Crippen molar-refractivity contribution in [3.63, 3.8) is 0 Å². The number of rotatable bonds is 3. The van der Waals surface area contributed by atoms with Crippen molar-refractivity contribution in [2.75, 3.05) is 0 Å². The maximum absolute atomic E-state index is 8.68. The quantitative estimate of drug-likeness (QED) is 0.447. The van der Waals surface area contributed by atoms with E-state index in [0.717, 1.165) is 17.7 Å². The first kappa shape index (κ1) is 9.99. The van der Waals surface area contributed by atoms with Gasteiger partial charge in [0, 0.05) is 4.88 Å². The molecule has 0 aliphatic rings. The molecule has 0 radical (unpaired) electrons. The van der Waals surface area contributed by atoms with Crippen molar-refractivity contribution in [3.8, 4) is 0 Å². The topological polar surface area (TPSA) is 32.6 Å². The summed E-state index contributed by atoms with van der Waals surface area (Å²) in [7, 11) is 0. The normalized spacial score (nSPS) is 13.4. The third kappa shape index (κ3) is 2.70. The largest absolute Gasteiger partial charge is 0.411 e. The van der Waals surface area contributed by atoms with Crippen LogP contribution in [0.3, 0.4) is 0 Å². The highest BCUT2D eigenvalue weighted by Crippen LogP contribution is 2.14. The van der Waals surface area contributed by atoms with Crippen molar-refractivity contribution in [1.82, 2.24) is 0 Å². The number of oxime groups is 1. The molecular formula is C10H13NOS. The highest BCUT2D eigenvalue weighted by molar-refractivity contribution is 7.10. The number of hydrogen-bond acceptors (Lipinski definition) is 3. The van der Waals surface area contributed by atoms with E-state index in [1.807, 2.05) is 37.4 Å². The zero-order chi connectivity index (χ0) is 9.68. The van der Waals surface area contributed by atoms with Crippen molar-refractivity contribution >= 4 is 23.1 Å². The summed E-state index contributed by atoms with van der Waals surface area (Å²) in [5.74, 6) is 0. The maximum atomic E-state index is 8.68. The Labute approximate surface area is 82.2 Å². The van der Waals surface area contributed by atoms with E-state index in [2.05, 4.69) is 5.16 Å². The average molecular weight is 195 g/mol. The first-order valence-corrected chi connectivity index (χ1v) is 5.09. The molecule has 13 heavy (non-hydrogen) atoms. The van der Waals surface area contributed by atoms with Crippen LogP contribution in [0.15, 0.2) is 28.2 Å². The van der Waals surface area contributed by atoms with Gasteiger partial charge in [0.05, 0.1) is 5.71 Å². The molecule has 0 bridgehead atoms. The van der Waals surface area contributed by atoms with Gasteiger partial charge >= 0.3 is 0 Å². The lowest BCUT2D eigenvalue weighted by Gasteiger charge is -1.99. The minimum atomic E-state index is 0.744. The van der Waals surface area contributed by atoms with Gasteiger partial charge < -0.3 is 5.21 Å². The SMILES string of the molecule is CCC(=N\O)/C(C)=C/c1cccs1. The molecule has 0 fully saturated rings. The molecule has 1 rings (SSSR count).